The van der Waals surface area contributed by atoms with Crippen molar-refractivity contribution in [3.05, 3.63) is 71.0 Å². The lowest BCUT2D eigenvalue weighted by atomic mass is 9.84. The van der Waals surface area contributed by atoms with Gasteiger partial charge in [-0.05, 0) is 12.5 Å². The monoisotopic (exact) mass is 594 g/mol. The van der Waals surface area contributed by atoms with Crippen LogP contribution in [0, 0.1) is 20.2 Å². The topological polar surface area (TPSA) is 202 Å². The van der Waals surface area contributed by atoms with Crippen molar-refractivity contribution in [2.24, 2.45) is 5.16 Å². The molecule has 0 spiro atoms. The van der Waals surface area contributed by atoms with Crippen LogP contribution in [0.25, 0.3) is 22.3 Å². The number of hydrogen-bond acceptors (Lipinski definition) is 13. The summed E-state index contributed by atoms with van der Waals surface area (Å²) in [6.45, 7) is 4.20. The summed E-state index contributed by atoms with van der Waals surface area (Å²) in [5.74, 6) is -1.10. The number of morpholine rings is 1. The molecule has 2 aromatic heterocycles. The Hall–Kier alpha value is -4.80. The van der Waals surface area contributed by atoms with Crippen LogP contribution in [0.4, 0.5) is 11.4 Å². The lowest BCUT2D eigenvalue weighted by Gasteiger charge is -2.31. The number of oxime groups is 1. The van der Waals surface area contributed by atoms with Crippen molar-refractivity contribution in [2.75, 3.05) is 39.5 Å². The van der Waals surface area contributed by atoms with Crippen LogP contribution in [-0.4, -0.2) is 81.0 Å². The smallest absolute Gasteiger partial charge is 0.343 e. The van der Waals surface area contributed by atoms with Crippen LogP contribution in [0.3, 0.4) is 0 Å². The van der Waals surface area contributed by atoms with E-state index in [1.807, 2.05) is 0 Å². The number of carbonyl (C=O) groups is 1. The highest BCUT2D eigenvalue weighted by molar-refractivity contribution is 6.07. The van der Waals surface area contributed by atoms with Crippen molar-refractivity contribution in [3.63, 3.8) is 0 Å². The number of ether oxygens (including phenoxy) is 2. The van der Waals surface area contributed by atoms with Gasteiger partial charge in [-0.1, -0.05) is 18.1 Å². The summed E-state index contributed by atoms with van der Waals surface area (Å²) in [4.78, 5) is 61.8. The van der Waals surface area contributed by atoms with Gasteiger partial charge >= 0.3 is 11.7 Å². The van der Waals surface area contributed by atoms with Gasteiger partial charge in [0.15, 0.2) is 5.60 Å². The summed E-state index contributed by atoms with van der Waals surface area (Å²) in [6, 6.07) is 4.23. The summed E-state index contributed by atoms with van der Waals surface area (Å²) in [5.41, 5.74) is -4.35. The lowest BCUT2D eigenvalue weighted by Crippen LogP contribution is -2.45. The van der Waals surface area contributed by atoms with Crippen molar-refractivity contribution in [3.8, 4) is 11.4 Å². The summed E-state index contributed by atoms with van der Waals surface area (Å²) in [5, 5.41) is 40.0. The number of nitrogens with zero attached hydrogens (tertiary/aromatic N) is 6. The number of aliphatic hydroxyl groups is 1. The van der Waals surface area contributed by atoms with E-state index >= 15 is 0 Å². The molecule has 16 heteroatoms. The first kappa shape index (κ1) is 28.3. The fourth-order valence-corrected chi connectivity index (χ4v) is 5.90. The molecule has 1 atom stereocenters. The molecule has 1 saturated heterocycles. The molecule has 3 aliphatic rings. The SMILES string of the molecule is CC[C@@]1(O)C(=O)OCc2c1c([N+](=O)[O-])c1n(c2=O)Cc2c-1nc1cccc([N+](=O)[O-])c1c2/C=N/OCCN1CCOCC1. The number of aromatic nitrogens is 2. The van der Waals surface area contributed by atoms with E-state index in [1.165, 1.54) is 31.3 Å². The largest absolute Gasteiger partial charge is 0.458 e. The minimum atomic E-state index is -2.43. The Morgan fingerprint density at radius 2 is 1.95 bits per heavy atom. The third-order valence-electron chi connectivity index (χ3n) is 8.06. The molecule has 1 N–H and O–H groups in total. The van der Waals surface area contributed by atoms with Crippen molar-refractivity contribution >= 4 is 34.5 Å². The van der Waals surface area contributed by atoms with Gasteiger partial charge < -0.3 is 19.4 Å². The highest BCUT2D eigenvalue weighted by atomic mass is 16.6. The van der Waals surface area contributed by atoms with E-state index in [4.69, 9.17) is 14.3 Å². The Kier molecular flexibility index (Phi) is 7.11. The van der Waals surface area contributed by atoms with Crippen LogP contribution < -0.4 is 5.56 Å². The summed E-state index contributed by atoms with van der Waals surface area (Å²) < 4.78 is 11.5. The Morgan fingerprint density at radius 3 is 2.65 bits per heavy atom. The molecule has 3 aliphatic heterocycles. The van der Waals surface area contributed by atoms with Crippen LogP contribution in [0.15, 0.2) is 28.1 Å². The van der Waals surface area contributed by atoms with Crippen LogP contribution in [0.5, 0.6) is 0 Å². The normalized spacial score (nSPS) is 19.6. The van der Waals surface area contributed by atoms with Crippen molar-refractivity contribution in [1.82, 2.24) is 14.5 Å². The number of rotatable bonds is 8. The Morgan fingerprint density at radius 1 is 1.19 bits per heavy atom. The van der Waals surface area contributed by atoms with Gasteiger partial charge in [-0.2, -0.15) is 0 Å². The van der Waals surface area contributed by atoms with Crippen LogP contribution in [-0.2, 0) is 37.9 Å². The van der Waals surface area contributed by atoms with Crippen LogP contribution in [0.2, 0.25) is 0 Å². The zero-order chi connectivity index (χ0) is 30.5. The first-order valence-corrected chi connectivity index (χ1v) is 13.6. The number of benzene rings is 1. The second kappa shape index (κ2) is 10.8. The predicted octanol–water partition coefficient (Wildman–Crippen LogP) is 1.58. The van der Waals surface area contributed by atoms with Gasteiger partial charge in [0.1, 0.15) is 24.6 Å². The molecule has 6 rings (SSSR count). The van der Waals surface area contributed by atoms with Gasteiger partial charge in [-0.3, -0.25) is 34.5 Å². The number of fused-ring (bicyclic) bond motifs is 5. The van der Waals surface area contributed by atoms with Crippen LogP contribution >= 0.6 is 0 Å². The molecule has 5 heterocycles. The number of esters is 1. The summed E-state index contributed by atoms with van der Waals surface area (Å²) >= 11 is 0. The maximum Gasteiger partial charge on any atom is 0.343 e. The van der Waals surface area contributed by atoms with Gasteiger partial charge in [-0.25, -0.2) is 9.78 Å². The minimum Gasteiger partial charge on any atom is -0.458 e. The molecule has 0 saturated carbocycles. The number of nitro benzene ring substituents is 1. The highest BCUT2D eigenvalue weighted by Crippen LogP contribution is 2.47. The number of cyclic esters (lactones) is 1. The molecule has 0 amide bonds. The summed E-state index contributed by atoms with van der Waals surface area (Å²) in [6.07, 6.45) is 0.999. The van der Waals surface area contributed by atoms with Gasteiger partial charge in [0.05, 0.1) is 57.8 Å². The molecule has 0 bridgehead atoms. The molecule has 1 fully saturated rings. The first-order valence-electron chi connectivity index (χ1n) is 13.6. The van der Waals surface area contributed by atoms with E-state index < -0.39 is 44.8 Å². The molecule has 3 aromatic rings. The Bertz CT molecular complexity index is 1780. The fraction of sp³-hybridized carbons (Fsp3) is 0.407. The standard InChI is InChI=1S/C27H26N6O10/c1-2-27(36)21-17(14-42-26(27)35)25(34)31-13-16-15(12-28-43-11-8-30-6-9-41-10-7-30)20-18(4-3-5-19(20)32(37)38)29-22(16)24(31)23(21)33(39)40/h3-5,12,36H,2,6-11,13-14H2,1H3/b28-12+/t27-/m0/s1. The van der Waals surface area contributed by atoms with E-state index in [2.05, 4.69) is 15.0 Å². The third-order valence-corrected chi connectivity index (χ3v) is 8.06. The second-order valence-electron chi connectivity index (χ2n) is 10.3. The van der Waals surface area contributed by atoms with Crippen LogP contribution in [0.1, 0.15) is 35.6 Å². The minimum absolute atomic E-state index is 0.00626. The average molecular weight is 595 g/mol. The highest BCUT2D eigenvalue weighted by Gasteiger charge is 2.52. The number of carbonyl (C=O) groups excluding carboxylic acids is 1. The van der Waals surface area contributed by atoms with Gasteiger partial charge in [0, 0.05) is 36.8 Å². The molecule has 224 valence electrons. The molecule has 0 radical (unpaired) electrons. The number of pyridine rings is 2. The first-order chi connectivity index (χ1) is 20.7. The van der Waals surface area contributed by atoms with E-state index in [0.717, 1.165) is 17.7 Å². The van der Waals surface area contributed by atoms with E-state index in [1.54, 1.807) is 0 Å². The Balaban J connectivity index is 1.54. The zero-order valence-corrected chi connectivity index (χ0v) is 23.0. The number of nitro groups is 2. The van der Waals surface area contributed by atoms with Crippen molar-refractivity contribution in [1.29, 1.82) is 0 Å². The summed E-state index contributed by atoms with van der Waals surface area (Å²) in [7, 11) is 0. The average Bonchev–Trinajstić information content (AvgIpc) is 3.38. The van der Waals surface area contributed by atoms with Gasteiger partial charge in [0.2, 0.25) is 0 Å². The quantitative estimate of drug-likeness (QED) is 0.102. The molecule has 0 unspecified atom stereocenters. The van der Waals surface area contributed by atoms with Crippen molar-refractivity contribution < 1.29 is 34.1 Å². The number of hydrogen-bond donors (Lipinski definition) is 1. The maximum atomic E-state index is 13.7. The lowest BCUT2D eigenvalue weighted by molar-refractivity contribution is -0.386. The molecule has 1 aromatic carbocycles. The number of non-ortho nitro benzene ring substituents is 1. The molecule has 43 heavy (non-hydrogen) atoms. The van der Waals surface area contributed by atoms with Gasteiger partial charge in [-0.15, -0.1) is 0 Å². The fourth-order valence-electron chi connectivity index (χ4n) is 5.90. The van der Waals surface area contributed by atoms with Crippen molar-refractivity contribution in [2.45, 2.75) is 32.1 Å². The Labute approximate surface area is 242 Å². The second-order valence-corrected chi connectivity index (χ2v) is 10.3. The van der Waals surface area contributed by atoms with E-state index in [9.17, 15) is 34.9 Å². The van der Waals surface area contributed by atoms with E-state index in [0.29, 0.717) is 19.8 Å². The predicted molar refractivity (Wildman–Crippen MR) is 149 cm³/mol. The molecule has 16 nitrogen and oxygen atoms in total. The third kappa shape index (κ3) is 4.50. The molecular formula is C27H26N6O10. The zero-order valence-electron chi connectivity index (χ0n) is 23.0. The molecular weight excluding hydrogens is 568 g/mol. The maximum absolute atomic E-state index is 13.7. The van der Waals surface area contributed by atoms with Gasteiger partial charge in [0.25, 0.3) is 11.2 Å². The van der Waals surface area contributed by atoms with E-state index in [-0.39, 0.29) is 64.2 Å². The molecule has 0 aliphatic carbocycles.